The van der Waals surface area contributed by atoms with E-state index in [4.69, 9.17) is 9.84 Å². The standard InChI is InChI=1S/C14H14O2.C2H6/c15-10-13-7-4-8-14(9-13)16-11-12-5-2-1-3-6-12;1-2/h1-9,15H,10-11H2;1-2H3. The van der Waals surface area contributed by atoms with E-state index in [9.17, 15) is 0 Å². The molecule has 0 saturated heterocycles. The fraction of sp³-hybridized carbons (Fsp3) is 0.250. The summed E-state index contributed by atoms with van der Waals surface area (Å²) in [5, 5.41) is 8.99. The van der Waals surface area contributed by atoms with E-state index < -0.39 is 0 Å². The predicted octanol–water partition coefficient (Wildman–Crippen LogP) is 3.78. The lowest BCUT2D eigenvalue weighted by atomic mass is 10.2. The quantitative estimate of drug-likeness (QED) is 0.886. The number of hydrogen-bond donors (Lipinski definition) is 1. The highest BCUT2D eigenvalue weighted by atomic mass is 16.5. The maximum atomic E-state index is 8.99. The first-order valence-corrected chi connectivity index (χ1v) is 6.25. The van der Waals surface area contributed by atoms with Gasteiger partial charge in [-0.05, 0) is 23.3 Å². The zero-order valence-electron chi connectivity index (χ0n) is 11.0. The molecule has 0 aromatic heterocycles. The fourth-order valence-corrected chi connectivity index (χ4v) is 1.47. The Hall–Kier alpha value is -1.80. The summed E-state index contributed by atoms with van der Waals surface area (Å²) in [4.78, 5) is 0. The molecule has 1 N–H and O–H groups in total. The van der Waals surface area contributed by atoms with Crippen LogP contribution in [0.25, 0.3) is 0 Å². The van der Waals surface area contributed by atoms with Crippen LogP contribution in [-0.2, 0) is 13.2 Å². The number of ether oxygens (including phenoxy) is 1. The molecule has 0 aliphatic heterocycles. The van der Waals surface area contributed by atoms with E-state index in [0.717, 1.165) is 16.9 Å². The molecule has 2 rings (SSSR count). The molecule has 0 saturated carbocycles. The molecule has 0 heterocycles. The maximum Gasteiger partial charge on any atom is 0.120 e. The van der Waals surface area contributed by atoms with E-state index >= 15 is 0 Å². The minimum atomic E-state index is 0.0442. The van der Waals surface area contributed by atoms with E-state index in [2.05, 4.69) is 0 Å². The van der Waals surface area contributed by atoms with Gasteiger partial charge < -0.3 is 9.84 Å². The van der Waals surface area contributed by atoms with Gasteiger partial charge in [0, 0.05) is 0 Å². The van der Waals surface area contributed by atoms with Gasteiger partial charge >= 0.3 is 0 Å². The van der Waals surface area contributed by atoms with Gasteiger partial charge in [0.1, 0.15) is 12.4 Å². The van der Waals surface area contributed by atoms with Crippen LogP contribution < -0.4 is 4.74 Å². The van der Waals surface area contributed by atoms with Crippen LogP contribution >= 0.6 is 0 Å². The SMILES string of the molecule is CC.OCc1cccc(OCc2ccccc2)c1. The van der Waals surface area contributed by atoms with E-state index in [-0.39, 0.29) is 6.61 Å². The number of benzene rings is 2. The molecule has 0 bridgehead atoms. The van der Waals surface area contributed by atoms with Crippen LogP contribution in [0.2, 0.25) is 0 Å². The minimum absolute atomic E-state index is 0.0442. The largest absolute Gasteiger partial charge is 0.489 e. The Morgan fingerprint density at radius 3 is 2.22 bits per heavy atom. The number of hydrogen-bond acceptors (Lipinski definition) is 2. The second-order valence-electron chi connectivity index (χ2n) is 3.58. The van der Waals surface area contributed by atoms with Gasteiger partial charge in [0.05, 0.1) is 6.61 Å². The summed E-state index contributed by atoms with van der Waals surface area (Å²) in [5.41, 5.74) is 2.00. The molecule has 96 valence electrons. The predicted molar refractivity (Wildman–Crippen MR) is 74.5 cm³/mol. The molecular weight excluding hydrogens is 224 g/mol. The number of aliphatic hydroxyl groups is 1. The molecule has 2 heteroatoms. The van der Waals surface area contributed by atoms with Gasteiger partial charge in [-0.25, -0.2) is 0 Å². The Morgan fingerprint density at radius 2 is 1.56 bits per heavy atom. The van der Waals surface area contributed by atoms with Crippen molar-refractivity contribution in [1.29, 1.82) is 0 Å². The smallest absolute Gasteiger partial charge is 0.120 e. The lowest BCUT2D eigenvalue weighted by Crippen LogP contribution is -1.95. The Kier molecular flexibility index (Phi) is 6.59. The van der Waals surface area contributed by atoms with Gasteiger partial charge in [-0.3, -0.25) is 0 Å². The van der Waals surface area contributed by atoms with E-state index in [1.807, 2.05) is 68.4 Å². The summed E-state index contributed by atoms with van der Waals surface area (Å²) in [6.07, 6.45) is 0. The van der Waals surface area contributed by atoms with Crippen LogP contribution in [0.4, 0.5) is 0 Å². The van der Waals surface area contributed by atoms with Crippen molar-refractivity contribution < 1.29 is 9.84 Å². The lowest BCUT2D eigenvalue weighted by Gasteiger charge is -2.07. The first-order valence-electron chi connectivity index (χ1n) is 6.25. The van der Waals surface area contributed by atoms with Crippen molar-refractivity contribution in [3.05, 3.63) is 65.7 Å². The van der Waals surface area contributed by atoms with Crippen molar-refractivity contribution in [2.75, 3.05) is 0 Å². The summed E-state index contributed by atoms with van der Waals surface area (Å²) in [7, 11) is 0. The third-order valence-electron chi connectivity index (χ3n) is 2.33. The van der Waals surface area contributed by atoms with Crippen molar-refractivity contribution >= 4 is 0 Å². The zero-order chi connectivity index (χ0) is 13.2. The average molecular weight is 244 g/mol. The van der Waals surface area contributed by atoms with Crippen molar-refractivity contribution in [2.45, 2.75) is 27.1 Å². The van der Waals surface area contributed by atoms with Crippen molar-refractivity contribution in [3.63, 3.8) is 0 Å². The molecule has 2 aromatic rings. The minimum Gasteiger partial charge on any atom is -0.489 e. The molecule has 0 aliphatic carbocycles. The van der Waals surface area contributed by atoms with Crippen molar-refractivity contribution in [2.24, 2.45) is 0 Å². The molecule has 0 amide bonds. The molecule has 2 nitrogen and oxygen atoms in total. The lowest BCUT2D eigenvalue weighted by molar-refractivity contribution is 0.278. The molecule has 18 heavy (non-hydrogen) atoms. The van der Waals surface area contributed by atoms with Crippen LogP contribution in [0.15, 0.2) is 54.6 Å². The summed E-state index contributed by atoms with van der Waals surface area (Å²) in [6.45, 7) is 4.60. The van der Waals surface area contributed by atoms with Gasteiger partial charge in [-0.2, -0.15) is 0 Å². The molecule has 0 spiro atoms. The molecule has 0 radical (unpaired) electrons. The molecule has 0 atom stereocenters. The van der Waals surface area contributed by atoms with Crippen LogP contribution in [0.5, 0.6) is 5.75 Å². The number of aliphatic hydroxyl groups excluding tert-OH is 1. The van der Waals surface area contributed by atoms with Crippen LogP contribution in [0, 0.1) is 0 Å². The third-order valence-corrected chi connectivity index (χ3v) is 2.33. The highest BCUT2D eigenvalue weighted by Crippen LogP contribution is 2.15. The van der Waals surface area contributed by atoms with Gasteiger partial charge in [-0.1, -0.05) is 56.3 Å². The summed E-state index contributed by atoms with van der Waals surface area (Å²) >= 11 is 0. The van der Waals surface area contributed by atoms with Crippen LogP contribution in [0.3, 0.4) is 0 Å². The van der Waals surface area contributed by atoms with E-state index in [1.165, 1.54) is 0 Å². The van der Waals surface area contributed by atoms with Crippen LogP contribution in [-0.4, -0.2) is 5.11 Å². The van der Waals surface area contributed by atoms with Gasteiger partial charge in [0.25, 0.3) is 0 Å². The monoisotopic (exact) mass is 244 g/mol. The third kappa shape index (κ3) is 4.60. The van der Waals surface area contributed by atoms with Gasteiger partial charge in [0.15, 0.2) is 0 Å². The average Bonchev–Trinajstić information content (AvgIpc) is 2.48. The highest BCUT2D eigenvalue weighted by molar-refractivity contribution is 5.28. The first-order chi connectivity index (χ1) is 8.88. The Bertz CT molecular complexity index is 438. The molecular formula is C16H20O2. The number of rotatable bonds is 4. The van der Waals surface area contributed by atoms with E-state index in [0.29, 0.717) is 6.61 Å². The van der Waals surface area contributed by atoms with Gasteiger partial charge in [0.2, 0.25) is 0 Å². The second kappa shape index (κ2) is 8.31. The molecule has 2 aromatic carbocycles. The van der Waals surface area contributed by atoms with Crippen molar-refractivity contribution in [1.82, 2.24) is 0 Å². The summed E-state index contributed by atoms with van der Waals surface area (Å²) in [6, 6.07) is 17.5. The first kappa shape index (κ1) is 14.3. The van der Waals surface area contributed by atoms with Crippen molar-refractivity contribution in [3.8, 4) is 5.75 Å². The molecule has 0 unspecified atom stereocenters. The molecule has 0 fully saturated rings. The highest BCUT2D eigenvalue weighted by Gasteiger charge is 1.96. The second-order valence-corrected chi connectivity index (χ2v) is 3.58. The van der Waals surface area contributed by atoms with E-state index in [1.54, 1.807) is 0 Å². The summed E-state index contributed by atoms with van der Waals surface area (Å²) < 4.78 is 5.62. The Morgan fingerprint density at radius 1 is 0.889 bits per heavy atom. The Labute approximate surface area is 109 Å². The normalized spacial score (nSPS) is 9.28. The van der Waals surface area contributed by atoms with Crippen LogP contribution in [0.1, 0.15) is 25.0 Å². The zero-order valence-corrected chi connectivity index (χ0v) is 11.0. The maximum absolute atomic E-state index is 8.99. The topological polar surface area (TPSA) is 29.5 Å². The fourth-order valence-electron chi connectivity index (χ4n) is 1.47. The molecule has 0 aliphatic rings. The van der Waals surface area contributed by atoms with Gasteiger partial charge in [-0.15, -0.1) is 0 Å². The summed E-state index contributed by atoms with van der Waals surface area (Å²) in [5.74, 6) is 0.787. The Balaban J connectivity index is 0.000000771.